The molecular formula is C41H26N2O2. The molecule has 0 saturated heterocycles. The third-order valence-corrected chi connectivity index (χ3v) is 8.48. The number of hydrogen-bond acceptors (Lipinski definition) is 4. The van der Waals surface area contributed by atoms with E-state index in [1.165, 1.54) is 10.8 Å². The molecule has 212 valence electrons. The van der Waals surface area contributed by atoms with Crippen LogP contribution in [-0.4, -0.2) is 4.98 Å². The monoisotopic (exact) mass is 578 g/mol. The minimum atomic E-state index is 0.601. The first-order valence-corrected chi connectivity index (χ1v) is 15.0. The minimum absolute atomic E-state index is 0.601. The molecular weight excluding hydrogens is 552 g/mol. The van der Waals surface area contributed by atoms with Gasteiger partial charge in [-0.15, -0.1) is 0 Å². The van der Waals surface area contributed by atoms with Crippen LogP contribution in [-0.2, 0) is 0 Å². The first-order chi connectivity index (χ1) is 22.3. The molecule has 0 aliphatic rings. The number of anilines is 3. The predicted molar refractivity (Wildman–Crippen MR) is 184 cm³/mol. The summed E-state index contributed by atoms with van der Waals surface area (Å²) in [7, 11) is 0. The van der Waals surface area contributed by atoms with Crippen LogP contribution in [0.15, 0.2) is 167 Å². The lowest BCUT2D eigenvalue weighted by molar-refractivity contribution is 0.619. The number of oxazole rings is 1. The largest absolute Gasteiger partial charge is 0.456 e. The van der Waals surface area contributed by atoms with E-state index in [2.05, 4.69) is 120 Å². The van der Waals surface area contributed by atoms with Gasteiger partial charge in [-0.05, 0) is 70.9 Å². The van der Waals surface area contributed by atoms with Crippen LogP contribution in [0, 0.1) is 0 Å². The highest BCUT2D eigenvalue weighted by Gasteiger charge is 2.21. The van der Waals surface area contributed by atoms with Gasteiger partial charge >= 0.3 is 0 Å². The highest BCUT2D eigenvalue weighted by molar-refractivity contribution is 6.17. The van der Waals surface area contributed by atoms with Gasteiger partial charge in [0.25, 0.3) is 0 Å². The highest BCUT2D eigenvalue weighted by Crippen LogP contribution is 2.44. The molecule has 0 aliphatic carbocycles. The van der Waals surface area contributed by atoms with Gasteiger partial charge < -0.3 is 13.7 Å². The quantitative estimate of drug-likeness (QED) is 0.204. The van der Waals surface area contributed by atoms with Crippen molar-refractivity contribution in [3.63, 3.8) is 0 Å². The van der Waals surface area contributed by atoms with Crippen molar-refractivity contribution >= 4 is 60.9 Å². The zero-order valence-corrected chi connectivity index (χ0v) is 24.2. The summed E-state index contributed by atoms with van der Waals surface area (Å²) in [6, 6.07) is 54.6. The van der Waals surface area contributed by atoms with Crippen molar-refractivity contribution in [1.29, 1.82) is 0 Å². The van der Waals surface area contributed by atoms with E-state index >= 15 is 0 Å². The van der Waals surface area contributed by atoms with Crippen LogP contribution in [0.2, 0.25) is 0 Å². The van der Waals surface area contributed by atoms with Crippen LogP contribution in [0.5, 0.6) is 0 Å². The molecule has 0 atom stereocenters. The molecule has 7 aromatic carbocycles. The molecule has 0 saturated carbocycles. The van der Waals surface area contributed by atoms with Gasteiger partial charge in [-0.25, -0.2) is 4.98 Å². The third kappa shape index (κ3) is 4.27. The minimum Gasteiger partial charge on any atom is -0.456 e. The molecule has 4 heteroatoms. The lowest BCUT2D eigenvalue weighted by atomic mass is 10.0. The number of fused-ring (bicyclic) bond motifs is 6. The molecule has 45 heavy (non-hydrogen) atoms. The van der Waals surface area contributed by atoms with Crippen LogP contribution in [0.25, 0.3) is 66.4 Å². The number of para-hydroxylation sites is 1. The molecule has 0 unspecified atom stereocenters. The molecule has 0 fully saturated rings. The molecule has 0 spiro atoms. The predicted octanol–water partition coefficient (Wildman–Crippen LogP) is 11.7. The lowest BCUT2D eigenvalue weighted by Gasteiger charge is -2.28. The second kappa shape index (κ2) is 10.2. The van der Waals surface area contributed by atoms with Gasteiger partial charge in [0, 0.05) is 34.0 Å². The Morgan fingerprint density at radius 2 is 1.13 bits per heavy atom. The van der Waals surface area contributed by atoms with Crippen molar-refractivity contribution < 1.29 is 8.83 Å². The summed E-state index contributed by atoms with van der Waals surface area (Å²) in [6.45, 7) is 0. The molecule has 9 aromatic rings. The van der Waals surface area contributed by atoms with E-state index in [1.807, 2.05) is 42.5 Å². The zero-order chi connectivity index (χ0) is 29.7. The lowest BCUT2D eigenvalue weighted by Crippen LogP contribution is -2.11. The van der Waals surface area contributed by atoms with E-state index in [1.54, 1.807) is 0 Å². The molecule has 0 radical (unpaired) electrons. The highest BCUT2D eigenvalue weighted by atomic mass is 16.4. The molecule has 0 amide bonds. The standard InChI is InChI=1S/C41H26N2O2/c1-3-12-28(13-4-1)33-17-9-10-18-35(33)43(31-20-19-27-11-7-8-16-30(27)25-31)32-21-22-34-38(26-32)44-36-23-24-37-40(39(34)36)42-41(45-37)29-14-5-2-6-15-29/h1-26H. The van der Waals surface area contributed by atoms with Crippen molar-refractivity contribution in [2.45, 2.75) is 0 Å². The average Bonchev–Trinajstić information content (AvgIpc) is 3.71. The van der Waals surface area contributed by atoms with E-state index in [-0.39, 0.29) is 0 Å². The summed E-state index contributed by atoms with van der Waals surface area (Å²) in [6.07, 6.45) is 0. The van der Waals surface area contributed by atoms with Crippen molar-refractivity contribution in [2.75, 3.05) is 4.90 Å². The normalized spacial score (nSPS) is 11.6. The van der Waals surface area contributed by atoms with Crippen LogP contribution in [0.4, 0.5) is 17.1 Å². The van der Waals surface area contributed by atoms with Crippen molar-refractivity contribution in [2.24, 2.45) is 0 Å². The fourth-order valence-electron chi connectivity index (χ4n) is 6.36. The first-order valence-electron chi connectivity index (χ1n) is 15.0. The summed E-state index contributed by atoms with van der Waals surface area (Å²) in [5.74, 6) is 0.601. The Morgan fingerprint density at radius 3 is 1.98 bits per heavy atom. The van der Waals surface area contributed by atoms with Crippen LogP contribution in [0.1, 0.15) is 0 Å². The van der Waals surface area contributed by atoms with Gasteiger partial charge in [-0.2, -0.15) is 0 Å². The van der Waals surface area contributed by atoms with Gasteiger partial charge in [-0.3, -0.25) is 0 Å². The van der Waals surface area contributed by atoms with Crippen LogP contribution < -0.4 is 4.90 Å². The SMILES string of the molecule is c1ccc(-c2nc3c(ccc4oc5cc(N(c6ccc7ccccc7c6)c6ccccc6-c6ccccc6)ccc5c43)o2)cc1. The third-order valence-electron chi connectivity index (χ3n) is 8.48. The van der Waals surface area contributed by atoms with E-state index < -0.39 is 0 Å². The summed E-state index contributed by atoms with van der Waals surface area (Å²) >= 11 is 0. The van der Waals surface area contributed by atoms with Gasteiger partial charge in [-0.1, -0.05) is 97.1 Å². The Morgan fingerprint density at radius 1 is 0.467 bits per heavy atom. The van der Waals surface area contributed by atoms with Crippen molar-refractivity contribution in [3.05, 3.63) is 158 Å². The maximum atomic E-state index is 6.51. The molecule has 2 aromatic heterocycles. The van der Waals surface area contributed by atoms with E-state index in [0.717, 1.165) is 66.8 Å². The molecule has 2 heterocycles. The Labute approximate surface area is 259 Å². The second-order valence-corrected chi connectivity index (χ2v) is 11.2. The maximum Gasteiger partial charge on any atom is 0.227 e. The molecule has 0 bridgehead atoms. The van der Waals surface area contributed by atoms with Crippen molar-refractivity contribution in [3.8, 4) is 22.6 Å². The first kappa shape index (κ1) is 25.4. The number of hydrogen-bond donors (Lipinski definition) is 0. The topological polar surface area (TPSA) is 42.4 Å². The summed E-state index contributed by atoms with van der Waals surface area (Å²) in [5, 5.41) is 4.35. The Balaban J connectivity index is 1.25. The Hall–Kier alpha value is -6.13. The second-order valence-electron chi connectivity index (χ2n) is 11.2. The van der Waals surface area contributed by atoms with Gasteiger partial charge in [0.15, 0.2) is 5.58 Å². The summed E-state index contributed by atoms with van der Waals surface area (Å²) < 4.78 is 12.7. The maximum absolute atomic E-state index is 6.51. The Kier molecular flexibility index (Phi) is 5.78. The van der Waals surface area contributed by atoms with Gasteiger partial charge in [0.05, 0.1) is 11.1 Å². The van der Waals surface area contributed by atoms with Gasteiger partial charge in [0.1, 0.15) is 16.7 Å². The molecule has 0 aliphatic heterocycles. The molecule has 4 nitrogen and oxygen atoms in total. The number of rotatable bonds is 5. The molecule has 9 rings (SSSR count). The summed E-state index contributed by atoms with van der Waals surface area (Å²) in [5.41, 5.74) is 9.52. The summed E-state index contributed by atoms with van der Waals surface area (Å²) in [4.78, 5) is 7.24. The number of furan rings is 1. The average molecular weight is 579 g/mol. The van der Waals surface area contributed by atoms with Crippen LogP contribution in [0.3, 0.4) is 0 Å². The van der Waals surface area contributed by atoms with Gasteiger partial charge in [0.2, 0.25) is 5.89 Å². The van der Waals surface area contributed by atoms with E-state index in [0.29, 0.717) is 5.89 Å². The molecule has 0 N–H and O–H groups in total. The van der Waals surface area contributed by atoms with E-state index in [4.69, 9.17) is 13.8 Å². The number of benzene rings is 7. The van der Waals surface area contributed by atoms with E-state index in [9.17, 15) is 0 Å². The fourth-order valence-corrected chi connectivity index (χ4v) is 6.36. The zero-order valence-electron chi connectivity index (χ0n) is 24.2. The van der Waals surface area contributed by atoms with Crippen molar-refractivity contribution in [1.82, 2.24) is 4.98 Å². The fraction of sp³-hybridized carbons (Fsp3) is 0. The smallest absolute Gasteiger partial charge is 0.227 e. The van der Waals surface area contributed by atoms with Crippen LogP contribution >= 0.6 is 0 Å². The number of aromatic nitrogens is 1. The number of nitrogens with zero attached hydrogens (tertiary/aromatic N) is 2. The Bertz CT molecular complexity index is 2490.